The number of carbonyl (C=O) groups is 1. The van der Waals surface area contributed by atoms with Gasteiger partial charge in [0.2, 0.25) is 0 Å². The van der Waals surface area contributed by atoms with Crippen LogP contribution in [-0.2, 0) is 0 Å². The van der Waals surface area contributed by atoms with E-state index in [1.165, 1.54) is 30.2 Å². The lowest BCUT2D eigenvalue weighted by Crippen LogP contribution is -2.39. The summed E-state index contributed by atoms with van der Waals surface area (Å²) in [5.74, 6) is -0.724. The van der Waals surface area contributed by atoms with Crippen LogP contribution in [0.15, 0.2) is 18.2 Å². The number of hydrogen-bond acceptors (Lipinski definition) is 3. The predicted octanol–water partition coefficient (Wildman–Crippen LogP) is 1.68. The summed E-state index contributed by atoms with van der Waals surface area (Å²) in [6.07, 6.45) is 0. The number of aliphatic hydroxyl groups excluding tert-OH is 1. The minimum atomic E-state index is -0.507. The van der Waals surface area contributed by atoms with Crippen LogP contribution in [0.1, 0.15) is 24.2 Å². The molecule has 0 aliphatic heterocycles. The van der Waals surface area contributed by atoms with Crippen molar-refractivity contribution in [3.63, 3.8) is 0 Å². The normalized spacial score (nSPS) is 10.6. The molecule has 0 aliphatic carbocycles. The van der Waals surface area contributed by atoms with Gasteiger partial charge in [-0.2, -0.15) is 0 Å². The lowest BCUT2D eigenvalue weighted by atomic mass is 10.1. The van der Waals surface area contributed by atoms with Gasteiger partial charge < -0.3 is 14.7 Å². The fourth-order valence-corrected chi connectivity index (χ4v) is 1.66. The molecule has 0 aliphatic rings. The Morgan fingerprint density at radius 2 is 2.17 bits per heavy atom. The van der Waals surface area contributed by atoms with Crippen molar-refractivity contribution in [1.29, 1.82) is 0 Å². The Labute approximate surface area is 106 Å². The van der Waals surface area contributed by atoms with Crippen LogP contribution in [-0.4, -0.2) is 42.2 Å². The van der Waals surface area contributed by atoms with E-state index < -0.39 is 5.82 Å². The van der Waals surface area contributed by atoms with E-state index >= 15 is 0 Å². The van der Waals surface area contributed by atoms with Gasteiger partial charge in [0.05, 0.1) is 13.7 Å². The number of rotatable bonds is 5. The highest BCUT2D eigenvalue weighted by Crippen LogP contribution is 2.19. The zero-order valence-corrected chi connectivity index (χ0v) is 10.8. The molecule has 0 spiro atoms. The third-order valence-electron chi connectivity index (χ3n) is 2.62. The van der Waals surface area contributed by atoms with Gasteiger partial charge in [0.1, 0.15) is 0 Å². The van der Waals surface area contributed by atoms with E-state index in [0.717, 1.165) is 0 Å². The first-order chi connectivity index (χ1) is 8.51. The Morgan fingerprint density at radius 3 is 2.67 bits per heavy atom. The van der Waals surface area contributed by atoms with Crippen molar-refractivity contribution < 1.29 is 19.0 Å². The molecule has 5 heteroatoms. The highest BCUT2D eigenvalue weighted by Gasteiger charge is 2.19. The zero-order valence-electron chi connectivity index (χ0n) is 10.8. The first kappa shape index (κ1) is 14.4. The Morgan fingerprint density at radius 1 is 1.50 bits per heavy atom. The third-order valence-corrected chi connectivity index (χ3v) is 2.62. The molecule has 0 saturated carbocycles. The van der Waals surface area contributed by atoms with Crippen LogP contribution < -0.4 is 4.74 Å². The van der Waals surface area contributed by atoms with Crippen molar-refractivity contribution >= 4 is 5.91 Å². The molecule has 1 amide bonds. The number of hydrogen-bond donors (Lipinski definition) is 1. The molecule has 0 saturated heterocycles. The van der Waals surface area contributed by atoms with E-state index in [9.17, 15) is 9.18 Å². The Bertz CT molecular complexity index is 421. The molecule has 0 radical (unpaired) electrons. The van der Waals surface area contributed by atoms with E-state index in [1.54, 1.807) is 0 Å². The minimum Gasteiger partial charge on any atom is -0.494 e. The largest absolute Gasteiger partial charge is 0.494 e. The fraction of sp³-hybridized carbons (Fsp3) is 0.462. The van der Waals surface area contributed by atoms with Crippen LogP contribution in [0.3, 0.4) is 0 Å². The van der Waals surface area contributed by atoms with Crippen LogP contribution in [0.4, 0.5) is 4.39 Å². The number of methoxy groups -OCH3 is 1. The molecule has 0 unspecified atom stereocenters. The molecule has 18 heavy (non-hydrogen) atoms. The van der Waals surface area contributed by atoms with Crippen LogP contribution in [0.5, 0.6) is 5.75 Å². The molecule has 1 aromatic carbocycles. The molecule has 0 fully saturated rings. The number of carbonyl (C=O) groups excluding carboxylic acids is 1. The first-order valence-corrected chi connectivity index (χ1v) is 5.76. The molecule has 0 heterocycles. The summed E-state index contributed by atoms with van der Waals surface area (Å²) < 4.78 is 18.1. The smallest absolute Gasteiger partial charge is 0.254 e. The van der Waals surface area contributed by atoms with Crippen LogP contribution >= 0.6 is 0 Å². The lowest BCUT2D eigenvalue weighted by molar-refractivity contribution is 0.0665. The number of benzene rings is 1. The van der Waals surface area contributed by atoms with Crippen molar-refractivity contribution in [3.05, 3.63) is 29.6 Å². The van der Waals surface area contributed by atoms with Gasteiger partial charge in [-0.1, -0.05) is 0 Å². The van der Waals surface area contributed by atoms with E-state index in [2.05, 4.69) is 0 Å². The van der Waals surface area contributed by atoms with Gasteiger partial charge >= 0.3 is 0 Å². The topological polar surface area (TPSA) is 49.8 Å². The van der Waals surface area contributed by atoms with Crippen LogP contribution in [0.2, 0.25) is 0 Å². The zero-order chi connectivity index (χ0) is 13.7. The highest BCUT2D eigenvalue weighted by molar-refractivity contribution is 5.94. The molecule has 1 rings (SSSR count). The third kappa shape index (κ3) is 3.20. The van der Waals surface area contributed by atoms with Gasteiger partial charge in [-0.25, -0.2) is 4.39 Å². The van der Waals surface area contributed by atoms with E-state index in [4.69, 9.17) is 9.84 Å². The van der Waals surface area contributed by atoms with E-state index in [-0.39, 0.29) is 30.9 Å². The van der Waals surface area contributed by atoms with Crippen molar-refractivity contribution in [1.82, 2.24) is 4.90 Å². The molecular formula is C13H18FNO3. The number of amides is 1. The quantitative estimate of drug-likeness (QED) is 0.870. The predicted molar refractivity (Wildman–Crippen MR) is 66.2 cm³/mol. The van der Waals surface area contributed by atoms with Crippen LogP contribution in [0.25, 0.3) is 0 Å². The second-order valence-electron chi connectivity index (χ2n) is 4.17. The molecule has 0 aromatic heterocycles. The highest BCUT2D eigenvalue weighted by atomic mass is 19.1. The van der Waals surface area contributed by atoms with Gasteiger partial charge in [-0.15, -0.1) is 0 Å². The van der Waals surface area contributed by atoms with Gasteiger partial charge in [-0.05, 0) is 32.0 Å². The summed E-state index contributed by atoms with van der Waals surface area (Å²) in [5, 5.41) is 8.95. The summed E-state index contributed by atoms with van der Waals surface area (Å²) in [6, 6.07) is 3.93. The van der Waals surface area contributed by atoms with Gasteiger partial charge in [-0.3, -0.25) is 4.79 Å². The van der Waals surface area contributed by atoms with Gasteiger partial charge in [0, 0.05) is 18.2 Å². The summed E-state index contributed by atoms with van der Waals surface area (Å²) in [7, 11) is 1.35. The Kier molecular flexibility index (Phi) is 5.09. The SMILES string of the molecule is COc1cc(C(=O)N(CCO)C(C)C)ccc1F. The van der Waals surface area contributed by atoms with Gasteiger partial charge in [0.15, 0.2) is 11.6 Å². The summed E-state index contributed by atoms with van der Waals surface area (Å²) >= 11 is 0. The molecule has 4 nitrogen and oxygen atoms in total. The Hall–Kier alpha value is -1.62. The number of nitrogens with zero attached hydrogens (tertiary/aromatic N) is 1. The maximum absolute atomic E-state index is 13.3. The molecule has 1 aromatic rings. The molecule has 0 atom stereocenters. The van der Waals surface area contributed by atoms with Crippen molar-refractivity contribution in [2.45, 2.75) is 19.9 Å². The Balaban J connectivity index is 3.01. The average molecular weight is 255 g/mol. The maximum Gasteiger partial charge on any atom is 0.254 e. The summed E-state index contributed by atoms with van der Waals surface area (Å²) in [5.41, 5.74) is 0.343. The van der Waals surface area contributed by atoms with Crippen molar-refractivity contribution in [2.75, 3.05) is 20.3 Å². The molecule has 1 N–H and O–H groups in total. The lowest BCUT2D eigenvalue weighted by Gasteiger charge is -2.26. The number of aliphatic hydroxyl groups is 1. The maximum atomic E-state index is 13.3. The minimum absolute atomic E-state index is 0.0357. The van der Waals surface area contributed by atoms with Crippen LogP contribution in [0, 0.1) is 5.82 Å². The standard InChI is InChI=1S/C13H18FNO3/c1-9(2)15(6-7-16)13(17)10-4-5-11(14)12(8-10)18-3/h4-5,8-9,16H,6-7H2,1-3H3. The molecule has 100 valence electrons. The molecular weight excluding hydrogens is 237 g/mol. The van der Waals surface area contributed by atoms with E-state index in [1.807, 2.05) is 13.8 Å². The molecule has 0 bridgehead atoms. The van der Waals surface area contributed by atoms with Gasteiger partial charge in [0.25, 0.3) is 5.91 Å². The van der Waals surface area contributed by atoms with Crippen molar-refractivity contribution in [2.24, 2.45) is 0 Å². The monoisotopic (exact) mass is 255 g/mol. The second-order valence-corrected chi connectivity index (χ2v) is 4.17. The van der Waals surface area contributed by atoms with Crippen molar-refractivity contribution in [3.8, 4) is 5.75 Å². The average Bonchev–Trinajstić information content (AvgIpc) is 2.35. The number of ether oxygens (including phenoxy) is 1. The summed E-state index contributed by atoms with van der Waals surface area (Å²) in [4.78, 5) is 13.7. The number of halogens is 1. The summed E-state index contributed by atoms with van der Waals surface area (Å²) in [6.45, 7) is 3.85. The second kappa shape index (κ2) is 6.35. The first-order valence-electron chi connectivity index (χ1n) is 5.76. The fourth-order valence-electron chi connectivity index (χ4n) is 1.66. The van der Waals surface area contributed by atoms with E-state index in [0.29, 0.717) is 5.56 Å².